The molecular formula is C20H23NO4. The standard InChI is InChI=1S/C20H23NO4/c1-4-25-18-11-7-15(13-19(18)24-3)8-12-20(22)21-14-16-5-9-17(23-2)10-6-16/h5-13H,4,14H2,1-3H3,(H,21,22)/b12-8+. The Kier molecular flexibility index (Phi) is 6.89. The van der Waals surface area contributed by atoms with E-state index in [4.69, 9.17) is 14.2 Å². The van der Waals surface area contributed by atoms with Crippen molar-refractivity contribution in [3.8, 4) is 17.2 Å². The molecule has 0 aliphatic heterocycles. The minimum atomic E-state index is -0.163. The Labute approximate surface area is 148 Å². The first-order valence-corrected chi connectivity index (χ1v) is 8.06. The van der Waals surface area contributed by atoms with Crippen LogP contribution in [-0.4, -0.2) is 26.7 Å². The Morgan fingerprint density at radius 3 is 2.44 bits per heavy atom. The van der Waals surface area contributed by atoms with Crippen molar-refractivity contribution in [3.05, 3.63) is 59.7 Å². The maximum atomic E-state index is 12.0. The second-order valence-corrected chi connectivity index (χ2v) is 5.24. The molecule has 0 fully saturated rings. The number of rotatable bonds is 8. The summed E-state index contributed by atoms with van der Waals surface area (Å²) in [5, 5.41) is 2.84. The van der Waals surface area contributed by atoms with Gasteiger partial charge in [0.2, 0.25) is 5.91 Å². The summed E-state index contributed by atoms with van der Waals surface area (Å²) >= 11 is 0. The van der Waals surface area contributed by atoms with Crippen molar-refractivity contribution >= 4 is 12.0 Å². The Morgan fingerprint density at radius 1 is 1.04 bits per heavy atom. The highest BCUT2D eigenvalue weighted by molar-refractivity contribution is 5.91. The third-order valence-electron chi connectivity index (χ3n) is 3.54. The molecule has 5 heteroatoms. The number of hydrogen-bond acceptors (Lipinski definition) is 4. The normalized spacial score (nSPS) is 10.5. The van der Waals surface area contributed by atoms with Crippen LogP contribution in [0.2, 0.25) is 0 Å². The van der Waals surface area contributed by atoms with E-state index in [-0.39, 0.29) is 5.91 Å². The molecule has 2 aromatic rings. The van der Waals surface area contributed by atoms with E-state index in [1.54, 1.807) is 20.3 Å². The molecule has 0 aromatic heterocycles. The third kappa shape index (κ3) is 5.57. The highest BCUT2D eigenvalue weighted by Crippen LogP contribution is 2.28. The molecule has 0 spiro atoms. The van der Waals surface area contributed by atoms with Gasteiger partial charge in [-0.05, 0) is 48.4 Å². The zero-order chi connectivity index (χ0) is 18.1. The van der Waals surface area contributed by atoms with Gasteiger partial charge < -0.3 is 19.5 Å². The van der Waals surface area contributed by atoms with Crippen LogP contribution in [0.25, 0.3) is 6.08 Å². The molecule has 0 saturated carbocycles. The van der Waals surface area contributed by atoms with E-state index < -0.39 is 0 Å². The van der Waals surface area contributed by atoms with E-state index in [9.17, 15) is 4.79 Å². The Balaban J connectivity index is 1.92. The molecule has 1 amide bonds. The maximum Gasteiger partial charge on any atom is 0.244 e. The molecule has 0 aliphatic carbocycles. The number of ether oxygens (including phenoxy) is 3. The average Bonchev–Trinajstić information content (AvgIpc) is 2.66. The van der Waals surface area contributed by atoms with Crippen LogP contribution in [0.4, 0.5) is 0 Å². The fourth-order valence-corrected chi connectivity index (χ4v) is 2.23. The van der Waals surface area contributed by atoms with Crippen LogP contribution < -0.4 is 19.5 Å². The lowest BCUT2D eigenvalue weighted by Gasteiger charge is -2.09. The summed E-state index contributed by atoms with van der Waals surface area (Å²) in [6.07, 6.45) is 3.24. The Hall–Kier alpha value is -2.95. The van der Waals surface area contributed by atoms with Crippen LogP contribution in [0.1, 0.15) is 18.1 Å². The van der Waals surface area contributed by atoms with Crippen LogP contribution in [-0.2, 0) is 11.3 Å². The van der Waals surface area contributed by atoms with Crippen molar-refractivity contribution in [3.63, 3.8) is 0 Å². The zero-order valence-corrected chi connectivity index (χ0v) is 14.7. The van der Waals surface area contributed by atoms with Crippen LogP contribution in [0.15, 0.2) is 48.5 Å². The van der Waals surface area contributed by atoms with E-state index in [0.29, 0.717) is 24.7 Å². The van der Waals surface area contributed by atoms with Crippen molar-refractivity contribution < 1.29 is 19.0 Å². The molecule has 0 radical (unpaired) electrons. The third-order valence-corrected chi connectivity index (χ3v) is 3.54. The topological polar surface area (TPSA) is 56.8 Å². The van der Waals surface area contributed by atoms with Crippen LogP contribution in [0.5, 0.6) is 17.2 Å². The smallest absolute Gasteiger partial charge is 0.244 e. The highest BCUT2D eigenvalue weighted by atomic mass is 16.5. The summed E-state index contributed by atoms with van der Waals surface area (Å²) in [6.45, 7) is 2.94. The molecule has 0 saturated heterocycles. The Bertz CT molecular complexity index is 723. The van der Waals surface area contributed by atoms with Crippen molar-refractivity contribution in [1.82, 2.24) is 5.32 Å². The number of benzene rings is 2. The Morgan fingerprint density at radius 2 is 1.80 bits per heavy atom. The number of hydrogen-bond donors (Lipinski definition) is 1. The number of methoxy groups -OCH3 is 2. The average molecular weight is 341 g/mol. The summed E-state index contributed by atoms with van der Waals surface area (Å²) in [5.41, 5.74) is 1.87. The van der Waals surface area contributed by atoms with Gasteiger partial charge in [-0.1, -0.05) is 18.2 Å². The van der Waals surface area contributed by atoms with Gasteiger partial charge in [-0.2, -0.15) is 0 Å². The predicted molar refractivity (Wildman–Crippen MR) is 98.0 cm³/mol. The van der Waals surface area contributed by atoms with Gasteiger partial charge in [-0.3, -0.25) is 4.79 Å². The predicted octanol–water partition coefficient (Wildman–Crippen LogP) is 3.43. The second kappa shape index (κ2) is 9.37. The van der Waals surface area contributed by atoms with Crippen molar-refractivity contribution in [2.45, 2.75) is 13.5 Å². The SMILES string of the molecule is CCOc1ccc(/C=C/C(=O)NCc2ccc(OC)cc2)cc1OC. The van der Waals surface area contributed by atoms with Crippen molar-refractivity contribution in [2.24, 2.45) is 0 Å². The summed E-state index contributed by atoms with van der Waals surface area (Å²) in [6, 6.07) is 13.1. The van der Waals surface area contributed by atoms with Gasteiger partial charge >= 0.3 is 0 Å². The molecule has 5 nitrogen and oxygen atoms in total. The zero-order valence-electron chi connectivity index (χ0n) is 14.7. The first-order chi connectivity index (χ1) is 12.2. The molecule has 0 bridgehead atoms. The number of carbonyl (C=O) groups excluding carboxylic acids is 1. The maximum absolute atomic E-state index is 12.0. The van der Waals surface area contributed by atoms with E-state index in [1.165, 1.54) is 6.08 Å². The van der Waals surface area contributed by atoms with Gasteiger partial charge in [-0.15, -0.1) is 0 Å². The molecule has 0 atom stereocenters. The largest absolute Gasteiger partial charge is 0.497 e. The van der Waals surface area contributed by atoms with Gasteiger partial charge in [-0.25, -0.2) is 0 Å². The van der Waals surface area contributed by atoms with Gasteiger partial charge in [0.05, 0.1) is 20.8 Å². The summed E-state index contributed by atoms with van der Waals surface area (Å²) in [4.78, 5) is 12.0. The van der Waals surface area contributed by atoms with Crippen molar-refractivity contribution in [2.75, 3.05) is 20.8 Å². The molecule has 0 heterocycles. The van der Waals surface area contributed by atoms with Crippen LogP contribution in [0, 0.1) is 0 Å². The molecule has 0 aliphatic rings. The molecule has 1 N–H and O–H groups in total. The minimum absolute atomic E-state index is 0.163. The quantitative estimate of drug-likeness (QED) is 0.748. The lowest BCUT2D eigenvalue weighted by Crippen LogP contribution is -2.20. The fraction of sp³-hybridized carbons (Fsp3) is 0.250. The van der Waals surface area contributed by atoms with Crippen molar-refractivity contribution in [1.29, 1.82) is 0 Å². The van der Waals surface area contributed by atoms with Gasteiger partial charge in [0, 0.05) is 12.6 Å². The second-order valence-electron chi connectivity index (χ2n) is 5.24. The van der Waals surface area contributed by atoms with Crippen LogP contribution in [0.3, 0.4) is 0 Å². The van der Waals surface area contributed by atoms with E-state index in [1.807, 2.05) is 49.4 Å². The summed E-state index contributed by atoms with van der Waals surface area (Å²) in [5.74, 6) is 1.96. The first-order valence-electron chi connectivity index (χ1n) is 8.06. The molecule has 2 aromatic carbocycles. The lowest BCUT2D eigenvalue weighted by molar-refractivity contribution is -0.116. The summed E-state index contributed by atoms with van der Waals surface area (Å²) < 4.78 is 15.9. The molecule has 25 heavy (non-hydrogen) atoms. The minimum Gasteiger partial charge on any atom is -0.497 e. The molecule has 0 unspecified atom stereocenters. The summed E-state index contributed by atoms with van der Waals surface area (Å²) in [7, 11) is 3.21. The molecular weight excluding hydrogens is 318 g/mol. The monoisotopic (exact) mass is 341 g/mol. The number of carbonyl (C=O) groups is 1. The van der Waals surface area contributed by atoms with Crippen LogP contribution >= 0.6 is 0 Å². The van der Waals surface area contributed by atoms with E-state index in [0.717, 1.165) is 16.9 Å². The van der Waals surface area contributed by atoms with E-state index >= 15 is 0 Å². The highest BCUT2D eigenvalue weighted by Gasteiger charge is 2.04. The van der Waals surface area contributed by atoms with Gasteiger partial charge in [0.1, 0.15) is 5.75 Å². The van der Waals surface area contributed by atoms with Gasteiger partial charge in [0.15, 0.2) is 11.5 Å². The molecule has 132 valence electrons. The van der Waals surface area contributed by atoms with E-state index in [2.05, 4.69) is 5.32 Å². The fourth-order valence-electron chi connectivity index (χ4n) is 2.23. The number of nitrogens with one attached hydrogen (secondary N) is 1. The first kappa shape index (κ1) is 18.4. The lowest BCUT2D eigenvalue weighted by atomic mass is 10.2. The number of amides is 1. The molecule has 2 rings (SSSR count). The van der Waals surface area contributed by atoms with Gasteiger partial charge in [0.25, 0.3) is 0 Å².